The van der Waals surface area contributed by atoms with Crippen molar-refractivity contribution in [1.29, 1.82) is 0 Å². The summed E-state index contributed by atoms with van der Waals surface area (Å²) in [5, 5.41) is 5.06. The lowest BCUT2D eigenvalue weighted by Crippen LogP contribution is -2.45. The Bertz CT molecular complexity index is 710. The van der Waals surface area contributed by atoms with Crippen LogP contribution in [0.4, 0.5) is 13.6 Å². The van der Waals surface area contributed by atoms with Crippen molar-refractivity contribution >= 4 is 27.5 Å². The minimum Gasteiger partial charge on any atom is -0.444 e. The van der Waals surface area contributed by atoms with E-state index in [1.807, 2.05) is 0 Å². The maximum absolute atomic E-state index is 13.5. The van der Waals surface area contributed by atoms with E-state index >= 15 is 0 Å². The number of ether oxygens (including phenoxy) is 1. The largest absolute Gasteiger partial charge is 0.444 e. The van der Waals surface area contributed by atoms with E-state index in [1.54, 1.807) is 20.8 Å². The molecule has 130 valence electrons. The third-order valence-corrected chi connectivity index (χ3v) is 5.83. The van der Waals surface area contributed by atoms with Gasteiger partial charge in [0.25, 0.3) is 6.43 Å². The van der Waals surface area contributed by atoms with Crippen molar-refractivity contribution in [2.75, 3.05) is 6.54 Å². The van der Waals surface area contributed by atoms with Gasteiger partial charge in [-0.1, -0.05) is 0 Å². The molecule has 2 heterocycles. The molecule has 0 saturated carbocycles. The Morgan fingerprint density at radius 2 is 2.09 bits per heavy atom. The van der Waals surface area contributed by atoms with Crippen LogP contribution in [-0.2, 0) is 21.2 Å². The molecule has 1 amide bonds. The van der Waals surface area contributed by atoms with Crippen LogP contribution in [0.25, 0.3) is 0 Å². The van der Waals surface area contributed by atoms with E-state index in [4.69, 9.17) is 9.88 Å². The second kappa shape index (κ2) is 5.99. The van der Waals surface area contributed by atoms with Gasteiger partial charge in [-0.3, -0.25) is 4.90 Å². The van der Waals surface area contributed by atoms with E-state index in [2.05, 4.69) is 0 Å². The fourth-order valence-electron chi connectivity index (χ4n) is 2.33. The summed E-state index contributed by atoms with van der Waals surface area (Å²) in [6.07, 6.45) is -3.45. The van der Waals surface area contributed by atoms with Crippen LogP contribution in [0.2, 0.25) is 0 Å². The molecule has 1 atom stereocenters. The van der Waals surface area contributed by atoms with Crippen molar-refractivity contribution in [3.63, 3.8) is 0 Å². The Morgan fingerprint density at radius 3 is 2.57 bits per heavy atom. The van der Waals surface area contributed by atoms with E-state index in [1.165, 1.54) is 0 Å². The van der Waals surface area contributed by atoms with E-state index in [9.17, 15) is 22.0 Å². The molecule has 6 nitrogen and oxygen atoms in total. The molecule has 1 aliphatic heterocycles. The first-order chi connectivity index (χ1) is 10.4. The van der Waals surface area contributed by atoms with E-state index in [0.29, 0.717) is 4.88 Å². The first-order valence-corrected chi connectivity index (χ1v) is 9.19. The van der Waals surface area contributed by atoms with Crippen LogP contribution in [0, 0.1) is 0 Å². The molecule has 0 spiro atoms. The van der Waals surface area contributed by atoms with Gasteiger partial charge in [0, 0.05) is 11.4 Å². The second-order valence-corrected chi connectivity index (χ2v) is 9.12. The van der Waals surface area contributed by atoms with E-state index in [0.717, 1.165) is 22.3 Å². The quantitative estimate of drug-likeness (QED) is 0.868. The number of hydrogen-bond donors (Lipinski definition) is 1. The first kappa shape index (κ1) is 18.1. The normalized spacial score (nSPS) is 18.9. The van der Waals surface area contributed by atoms with Gasteiger partial charge in [-0.15, -0.1) is 11.3 Å². The summed E-state index contributed by atoms with van der Waals surface area (Å²) in [6.45, 7) is 4.95. The Hall–Kier alpha value is -1.26. The molecule has 0 bridgehead atoms. The zero-order chi connectivity index (χ0) is 17.6. The second-order valence-electron chi connectivity index (χ2n) is 6.19. The van der Waals surface area contributed by atoms with Crippen LogP contribution < -0.4 is 5.14 Å². The van der Waals surface area contributed by atoms with Crippen LogP contribution >= 0.6 is 11.3 Å². The SMILES string of the molecule is CC(C)(C)OC(=O)N1CCc2sc(S(N)(=O)=O)cc2[C@H]1C(F)F. The van der Waals surface area contributed by atoms with Gasteiger partial charge in [-0.05, 0) is 38.8 Å². The van der Waals surface area contributed by atoms with Crippen molar-refractivity contribution in [3.05, 3.63) is 16.5 Å². The number of thiophene rings is 1. The highest BCUT2D eigenvalue weighted by Gasteiger charge is 2.40. The lowest BCUT2D eigenvalue weighted by Gasteiger charge is -2.36. The molecule has 0 aliphatic carbocycles. The fourth-order valence-corrected chi connectivity index (χ4v) is 4.31. The molecule has 2 rings (SSSR count). The van der Waals surface area contributed by atoms with Gasteiger partial charge in [-0.2, -0.15) is 0 Å². The highest BCUT2D eigenvalue weighted by Crippen LogP contribution is 2.40. The smallest absolute Gasteiger partial charge is 0.411 e. The van der Waals surface area contributed by atoms with Gasteiger partial charge in [0.05, 0.1) is 0 Å². The number of sulfonamides is 1. The van der Waals surface area contributed by atoms with Gasteiger partial charge in [0.15, 0.2) is 0 Å². The standard InChI is InChI=1S/C13H18F2N2O4S2/c1-13(2,3)21-12(18)17-5-4-8-7(10(17)11(14)15)6-9(22-8)23(16,19)20/h6,10-11H,4-5H2,1-3H3,(H2,16,19,20)/t10-/m0/s1. The maximum Gasteiger partial charge on any atom is 0.411 e. The Balaban J connectivity index is 2.40. The number of carbonyl (C=O) groups is 1. The highest BCUT2D eigenvalue weighted by atomic mass is 32.2. The van der Waals surface area contributed by atoms with Gasteiger partial charge in [0.1, 0.15) is 15.9 Å². The Kier molecular flexibility index (Phi) is 4.71. The zero-order valence-electron chi connectivity index (χ0n) is 12.9. The van der Waals surface area contributed by atoms with Crippen LogP contribution in [0.5, 0.6) is 0 Å². The predicted molar refractivity (Wildman–Crippen MR) is 81.1 cm³/mol. The predicted octanol–water partition coefficient (Wildman–Crippen LogP) is 2.49. The molecule has 1 aromatic rings. The number of halogens is 2. The van der Waals surface area contributed by atoms with Gasteiger partial charge in [0.2, 0.25) is 10.0 Å². The van der Waals surface area contributed by atoms with Crippen molar-refractivity contribution < 1.29 is 26.7 Å². The number of carbonyl (C=O) groups excluding carboxylic acids is 1. The first-order valence-electron chi connectivity index (χ1n) is 6.83. The molecule has 0 saturated heterocycles. The summed E-state index contributed by atoms with van der Waals surface area (Å²) in [4.78, 5) is 13.6. The van der Waals surface area contributed by atoms with Gasteiger partial charge >= 0.3 is 6.09 Å². The van der Waals surface area contributed by atoms with E-state index in [-0.39, 0.29) is 22.7 Å². The Morgan fingerprint density at radius 1 is 1.48 bits per heavy atom. The number of rotatable bonds is 2. The summed E-state index contributed by atoms with van der Waals surface area (Å²) in [6, 6.07) is -0.414. The van der Waals surface area contributed by atoms with Gasteiger partial charge in [-0.25, -0.2) is 27.1 Å². The molecule has 0 aromatic carbocycles. The molecule has 0 fully saturated rings. The lowest BCUT2D eigenvalue weighted by atomic mass is 10.0. The van der Waals surface area contributed by atoms with Crippen molar-refractivity contribution in [2.24, 2.45) is 5.14 Å². The molecule has 1 aromatic heterocycles. The average Bonchev–Trinajstić information content (AvgIpc) is 2.78. The topological polar surface area (TPSA) is 89.7 Å². The average molecular weight is 368 g/mol. The van der Waals surface area contributed by atoms with Gasteiger partial charge < -0.3 is 4.74 Å². The number of nitrogens with two attached hydrogens (primary N) is 1. The van der Waals surface area contributed by atoms with Crippen molar-refractivity contribution in [1.82, 2.24) is 4.90 Å². The summed E-state index contributed by atoms with van der Waals surface area (Å²) >= 11 is 0.865. The molecule has 23 heavy (non-hydrogen) atoms. The third-order valence-electron chi connectivity index (χ3n) is 3.20. The number of nitrogens with zero attached hydrogens (tertiary/aromatic N) is 1. The summed E-state index contributed by atoms with van der Waals surface area (Å²) in [5.74, 6) is 0. The number of amides is 1. The number of fused-ring (bicyclic) bond motifs is 1. The number of hydrogen-bond acceptors (Lipinski definition) is 5. The molecule has 0 unspecified atom stereocenters. The number of alkyl halides is 2. The summed E-state index contributed by atoms with van der Waals surface area (Å²) in [5.41, 5.74) is -0.698. The monoisotopic (exact) mass is 368 g/mol. The van der Waals surface area contributed by atoms with Crippen LogP contribution in [0.3, 0.4) is 0 Å². The molecular formula is C13H18F2N2O4S2. The molecule has 1 aliphatic rings. The molecule has 2 N–H and O–H groups in total. The molecular weight excluding hydrogens is 350 g/mol. The van der Waals surface area contributed by atoms with Crippen LogP contribution in [0.1, 0.15) is 37.3 Å². The lowest BCUT2D eigenvalue weighted by molar-refractivity contribution is -0.0185. The van der Waals surface area contributed by atoms with Crippen LogP contribution in [-0.4, -0.2) is 38.0 Å². The number of primary sulfonamides is 1. The van der Waals surface area contributed by atoms with Crippen molar-refractivity contribution in [2.45, 2.75) is 49.5 Å². The zero-order valence-corrected chi connectivity index (χ0v) is 14.5. The van der Waals surface area contributed by atoms with Crippen molar-refractivity contribution in [3.8, 4) is 0 Å². The summed E-state index contributed by atoms with van der Waals surface area (Å²) in [7, 11) is -3.97. The molecule has 0 radical (unpaired) electrons. The third kappa shape index (κ3) is 3.99. The fraction of sp³-hybridized carbons (Fsp3) is 0.615. The highest BCUT2D eigenvalue weighted by molar-refractivity contribution is 7.91. The Labute approximate surface area is 137 Å². The summed E-state index contributed by atoms with van der Waals surface area (Å²) < 4.78 is 54.9. The minimum absolute atomic E-state index is 0.0293. The minimum atomic E-state index is -3.97. The maximum atomic E-state index is 13.5. The van der Waals surface area contributed by atoms with E-state index < -0.39 is 34.2 Å². The molecule has 10 heteroatoms. The van der Waals surface area contributed by atoms with Crippen LogP contribution in [0.15, 0.2) is 10.3 Å².